The summed E-state index contributed by atoms with van der Waals surface area (Å²) in [6.45, 7) is 7.28. The number of hydrogen-bond donors (Lipinski definition) is 2. The third kappa shape index (κ3) is 8.06. The number of halogens is 2. The molecule has 2 aromatic carbocycles. The third-order valence-corrected chi connectivity index (χ3v) is 7.76. The minimum atomic E-state index is -0.922. The molecule has 2 aromatic rings. The van der Waals surface area contributed by atoms with Crippen LogP contribution in [0.25, 0.3) is 0 Å². The number of carbonyl (C=O) groups excluding carboxylic acids is 5. The number of nitrogens with one attached hydrogen (secondary N) is 2. The maximum atomic E-state index is 15.2. The summed E-state index contributed by atoms with van der Waals surface area (Å²) in [5, 5.41) is 6.14. The fourth-order valence-electron chi connectivity index (χ4n) is 4.26. The monoisotopic (exact) mass is 591 g/mol. The second kappa shape index (κ2) is 12.8. The molecule has 0 aromatic heterocycles. The van der Waals surface area contributed by atoms with E-state index < -0.39 is 35.4 Å². The molecule has 0 saturated heterocycles. The molecule has 0 radical (unpaired) electrons. The second-order valence-electron chi connectivity index (χ2n) is 10.8. The van der Waals surface area contributed by atoms with Crippen LogP contribution < -0.4 is 15.5 Å². The van der Waals surface area contributed by atoms with Crippen molar-refractivity contribution in [1.82, 2.24) is 10.6 Å². The van der Waals surface area contributed by atoms with Gasteiger partial charge in [0, 0.05) is 21.2 Å². The Morgan fingerprint density at radius 1 is 1.20 bits per heavy atom. The van der Waals surface area contributed by atoms with E-state index in [1.807, 2.05) is 6.92 Å². The number of benzene rings is 2. The Morgan fingerprint density at radius 3 is 2.38 bits per heavy atom. The first-order chi connectivity index (χ1) is 18.7. The van der Waals surface area contributed by atoms with Gasteiger partial charge in [0.1, 0.15) is 17.5 Å². The van der Waals surface area contributed by atoms with Crippen LogP contribution in [0.15, 0.2) is 41.3 Å². The van der Waals surface area contributed by atoms with E-state index in [-0.39, 0.29) is 29.6 Å². The minimum Gasteiger partial charge on any atom is -0.444 e. The van der Waals surface area contributed by atoms with Gasteiger partial charge in [0.25, 0.3) is 11.8 Å². The van der Waals surface area contributed by atoms with Crippen molar-refractivity contribution in [3.63, 3.8) is 0 Å². The Kier molecular flexibility index (Phi) is 10.00. The lowest BCUT2D eigenvalue weighted by Gasteiger charge is -2.39. The minimum absolute atomic E-state index is 0.125. The normalized spacial score (nSPS) is 17.6. The number of nitrogens with zero attached hydrogens (tertiary/aromatic N) is 1. The molecule has 40 heavy (non-hydrogen) atoms. The molecule has 3 amide bonds. The SMILES string of the molecule is CC1(NC(=O)c2cc3c(cc2F)SC[C@H](NC(=O)OC(C)(C)C)C(=O)N3Cc2ccc(Cl)cc2)CCC1.O=C=O. The van der Waals surface area contributed by atoms with Crippen molar-refractivity contribution in [1.29, 1.82) is 0 Å². The lowest BCUT2D eigenvalue weighted by molar-refractivity contribution is -0.191. The number of ether oxygens (including phenoxy) is 1. The molecule has 12 heteroatoms. The number of carbonyl (C=O) groups is 3. The Hall–Kier alpha value is -3.40. The molecule has 4 rings (SSSR count). The Balaban J connectivity index is 0.00000141. The maximum Gasteiger partial charge on any atom is 0.408 e. The van der Waals surface area contributed by atoms with Gasteiger partial charge < -0.3 is 20.3 Å². The molecule has 0 spiro atoms. The van der Waals surface area contributed by atoms with Gasteiger partial charge in [-0.1, -0.05) is 23.7 Å². The predicted octanol–water partition coefficient (Wildman–Crippen LogP) is 5.10. The van der Waals surface area contributed by atoms with E-state index in [1.54, 1.807) is 45.0 Å². The van der Waals surface area contributed by atoms with Gasteiger partial charge in [-0.25, -0.2) is 9.18 Å². The fourth-order valence-corrected chi connectivity index (χ4v) is 5.46. The maximum absolute atomic E-state index is 15.2. The molecule has 2 N–H and O–H groups in total. The van der Waals surface area contributed by atoms with Gasteiger partial charge in [0.2, 0.25) is 0 Å². The average molecular weight is 592 g/mol. The van der Waals surface area contributed by atoms with E-state index in [0.717, 1.165) is 24.8 Å². The lowest BCUT2D eigenvalue weighted by Crippen LogP contribution is -2.51. The predicted molar refractivity (Wildman–Crippen MR) is 148 cm³/mol. The van der Waals surface area contributed by atoms with Crippen LogP contribution in [0.3, 0.4) is 0 Å². The molecule has 1 aliphatic heterocycles. The Labute approximate surface area is 241 Å². The van der Waals surface area contributed by atoms with Crippen molar-refractivity contribution in [3.8, 4) is 0 Å². The number of rotatable bonds is 5. The van der Waals surface area contributed by atoms with Crippen LogP contribution in [-0.4, -0.2) is 47.0 Å². The zero-order valence-electron chi connectivity index (χ0n) is 22.6. The van der Waals surface area contributed by atoms with Crippen molar-refractivity contribution in [2.24, 2.45) is 0 Å². The highest BCUT2D eigenvalue weighted by atomic mass is 35.5. The van der Waals surface area contributed by atoms with Gasteiger partial charge in [0.15, 0.2) is 0 Å². The van der Waals surface area contributed by atoms with Crippen LogP contribution in [0.1, 0.15) is 62.9 Å². The standard InChI is InChI=1S/C27H31ClFN3O4S.CO2/c1-26(2,3)36-25(35)30-20-15-37-22-13-19(29)18(23(33)31-27(4)10-5-11-27)12-21(22)32(24(20)34)14-16-6-8-17(28)9-7-16;2-1-3/h6-9,12-13,20H,5,10-11,14-15H2,1-4H3,(H,30,35)(H,31,33);/t20-;/m0./s1. The molecule has 0 bridgehead atoms. The van der Waals surface area contributed by atoms with Crippen LogP contribution in [0.4, 0.5) is 14.9 Å². The second-order valence-corrected chi connectivity index (χ2v) is 12.3. The smallest absolute Gasteiger partial charge is 0.408 e. The molecule has 1 fully saturated rings. The molecule has 1 atom stereocenters. The average Bonchev–Trinajstić information content (AvgIpc) is 2.95. The molecular weight excluding hydrogens is 561 g/mol. The first-order valence-corrected chi connectivity index (χ1v) is 13.9. The first-order valence-electron chi connectivity index (χ1n) is 12.6. The summed E-state index contributed by atoms with van der Waals surface area (Å²) < 4.78 is 20.5. The lowest BCUT2D eigenvalue weighted by atomic mass is 9.78. The summed E-state index contributed by atoms with van der Waals surface area (Å²) in [6, 6.07) is 8.81. The van der Waals surface area contributed by atoms with E-state index in [0.29, 0.717) is 15.6 Å². The summed E-state index contributed by atoms with van der Waals surface area (Å²) >= 11 is 7.27. The topological polar surface area (TPSA) is 122 Å². The summed E-state index contributed by atoms with van der Waals surface area (Å²) in [7, 11) is 0. The van der Waals surface area contributed by atoms with E-state index in [4.69, 9.17) is 25.9 Å². The molecule has 1 heterocycles. The summed E-state index contributed by atoms with van der Waals surface area (Å²) in [5.74, 6) is -1.40. The quantitative estimate of drug-likeness (QED) is 0.496. The van der Waals surface area contributed by atoms with Crippen LogP contribution in [0, 0.1) is 5.82 Å². The zero-order valence-corrected chi connectivity index (χ0v) is 24.2. The van der Waals surface area contributed by atoms with Crippen LogP contribution in [0.5, 0.6) is 0 Å². The number of fused-ring (bicyclic) bond motifs is 1. The van der Waals surface area contributed by atoms with Crippen LogP contribution in [0.2, 0.25) is 5.02 Å². The van der Waals surface area contributed by atoms with E-state index in [2.05, 4.69) is 10.6 Å². The molecule has 1 saturated carbocycles. The van der Waals surface area contributed by atoms with Crippen molar-refractivity contribution in [2.75, 3.05) is 10.7 Å². The number of thioether (sulfide) groups is 1. The Morgan fingerprint density at radius 2 is 1.82 bits per heavy atom. The van der Waals surface area contributed by atoms with Crippen LogP contribution >= 0.6 is 23.4 Å². The number of hydrogen-bond acceptors (Lipinski definition) is 7. The number of alkyl carbamates (subject to hydrolysis) is 1. The van der Waals surface area contributed by atoms with Gasteiger partial charge in [-0.3, -0.25) is 9.59 Å². The van der Waals surface area contributed by atoms with E-state index in [9.17, 15) is 14.4 Å². The molecule has 9 nitrogen and oxygen atoms in total. The number of amides is 3. The first kappa shape index (κ1) is 31.1. The van der Waals surface area contributed by atoms with Gasteiger partial charge in [-0.05, 0) is 76.8 Å². The summed E-state index contributed by atoms with van der Waals surface area (Å²) in [4.78, 5) is 57.5. The van der Waals surface area contributed by atoms with Crippen molar-refractivity contribution < 1.29 is 33.1 Å². The third-order valence-electron chi connectivity index (χ3n) is 6.37. The summed E-state index contributed by atoms with van der Waals surface area (Å²) in [6.07, 6.45) is 2.21. The highest BCUT2D eigenvalue weighted by molar-refractivity contribution is 7.99. The molecule has 1 aliphatic carbocycles. The fraction of sp³-hybridized carbons (Fsp3) is 0.429. The highest BCUT2D eigenvalue weighted by Gasteiger charge is 2.37. The van der Waals surface area contributed by atoms with Gasteiger partial charge >= 0.3 is 12.2 Å². The van der Waals surface area contributed by atoms with Gasteiger partial charge in [-0.2, -0.15) is 9.59 Å². The van der Waals surface area contributed by atoms with Crippen LogP contribution in [-0.2, 0) is 25.7 Å². The van der Waals surface area contributed by atoms with Crippen molar-refractivity contribution in [2.45, 2.75) is 75.6 Å². The van der Waals surface area contributed by atoms with Gasteiger partial charge in [0.05, 0.1) is 17.8 Å². The van der Waals surface area contributed by atoms with E-state index in [1.165, 1.54) is 28.8 Å². The highest BCUT2D eigenvalue weighted by Crippen LogP contribution is 2.38. The largest absolute Gasteiger partial charge is 0.444 e. The van der Waals surface area contributed by atoms with Crippen molar-refractivity contribution in [3.05, 3.63) is 58.4 Å². The molecule has 2 aliphatic rings. The Bertz CT molecular complexity index is 1300. The molecular formula is C28H31ClFN3O6S. The molecule has 0 unspecified atom stereocenters. The van der Waals surface area contributed by atoms with Crippen molar-refractivity contribution >= 4 is 53.1 Å². The zero-order chi connectivity index (χ0) is 29.7. The summed E-state index contributed by atoms with van der Waals surface area (Å²) in [5.41, 5.74) is -0.0289. The number of anilines is 1. The molecule has 214 valence electrons. The van der Waals surface area contributed by atoms with Gasteiger partial charge in [-0.15, -0.1) is 11.8 Å². The van der Waals surface area contributed by atoms with E-state index >= 15 is 4.39 Å².